The van der Waals surface area contributed by atoms with Crippen molar-refractivity contribution in [3.05, 3.63) is 16.4 Å². The van der Waals surface area contributed by atoms with Gasteiger partial charge in [-0.05, 0) is 33.9 Å². The predicted molar refractivity (Wildman–Crippen MR) is 74.0 cm³/mol. The van der Waals surface area contributed by atoms with E-state index >= 15 is 0 Å². The first kappa shape index (κ1) is 15.1. The Labute approximate surface area is 112 Å². The van der Waals surface area contributed by atoms with Gasteiger partial charge in [-0.15, -0.1) is 0 Å². The third kappa shape index (κ3) is 4.32. The molecule has 0 spiro atoms. The molecular weight excluding hydrogens is 248 g/mol. The van der Waals surface area contributed by atoms with Crippen LogP contribution in [-0.4, -0.2) is 46.0 Å². The van der Waals surface area contributed by atoms with Crippen LogP contribution < -0.4 is 11.1 Å². The third-order valence-electron chi connectivity index (χ3n) is 2.89. The highest BCUT2D eigenvalue weighted by Gasteiger charge is 2.20. The summed E-state index contributed by atoms with van der Waals surface area (Å²) in [5.41, 5.74) is 5.21. The zero-order chi connectivity index (χ0) is 14.4. The van der Waals surface area contributed by atoms with Gasteiger partial charge >= 0.3 is 5.69 Å². The molecule has 3 N–H and O–H groups in total. The molecule has 0 aliphatic heterocycles. The van der Waals surface area contributed by atoms with Crippen molar-refractivity contribution in [2.45, 2.75) is 26.3 Å². The highest BCUT2D eigenvalue weighted by atomic mass is 16.6. The van der Waals surface area contributed by atoms with E-state index in [0.717, 1.165) is 13.0 Å². The van der Waals surface area contributed by atoms with E-state index in [2.05, 4.69) is 34.0 Å². The summed E-state index contributed by atoms with van der Waals surface area (Å²) in [4.78, 5) is 20.0. The number of nitrogen functional groups attached to an aromatic ring is 1. The van der Waals surface area contributed by atoms with Gasteiger partial charge in [0.05, 0.1) is 4.92 Å². The van der Waals surface area contributed by atoms with Crippen LogP contribution in [0.3, 0.4) is 0 Å². The molecule has 1 rings (SSSR count). The Morgan fingerprint density at radius 2 is 2.21 bits per heavy atom. The maximum Gasteiger partial charge on any atom is 0.352 e. The van der Waals surface area contributed by atoms with E-state index in [9.17, 15) is 10.1 Å². The van der Waals surface area contributed by atoms with E-state index in [4.69, 9.17) is 5.73 Å². The maximum absolute atomic E-state index is 10.9. The molecule has 0 saturated heterocycles. The molecule has 0 atom stereocenters. The monoisotopic (exact) mass is 268 g/mol. The van der Waals surface area contributed by atoms with E-state index in [1.165, 1.54) is 6.33 Å². The SMILES string of the molecule is CC(C)N(C)CCCNc1ncnc(N)c1[N+](=O)[O-]. The number of nitrogens with zero attached hydrogens (tertiary/aromatic N) is 4. The van der Waals surface area contributed by atoms with E-state index in [0.29, 0.717) is 12.6 Å². The number of rotatable bonds is 7. The normalized spacial score (nSPS) is 11.0. The zero-order valence-corrected chi connectivity index (χ0v) is 11.5. The van der Waals surface area contributed by atoms with E-state index in [-0.39, 0.29) is 17.3 Å². The first-order chi connectivity index (χ1) is 8.93. The highest BCUT2D eigenvalue weighted by Crippen LogP contribution is 2.25. The van der Waals surface area contributed by atoms with Gasteiger partial charge in [-0.25, -0.2) is 9.97 Å². The molecule has 106 valence electrons. The van der Waals surface area contributed by atoms with Crippen LogP contribution in [0.15, 0.2) is 6.33 Å². The molecule has 0 bridgehead atoms. The number of nitrogens with one attached hydrogen (secondary N) is 1. The fourth-order valence-electron chi connectivity index (χ4n) is 1.50. The van der Waals surface area contributed by atoms with Gasteiger partial charge in [0.15, 0.2) is 0 Å². The summed E-state index contributed by atoms with van der Waals surface area (Å²) < 4.78 is 0. The van der Waals surface area contributed by atoms with E-state index < -0.39 is 4.92 Å². The molecule has 0 fully saturated rings. The summed E-state index contributed by atoms with van der Waals surface area (Å²) in [6.07, 6.45) is 2.07. The average Bonchev–Trinajstić information content (AvgIpc) is 2.33. The molecular formula is C11H20N6O2. The summed E-state index contributed by atoms with van der Waals surface area (Å²) in [7, 11) is 2.04. The number of anilines is 2. The molecule has 0 aliphatic carbocycles. The lowest BCUT2D eigenvalue weighted by Crippen LogP contribution is -2.28. The average molecular weight is 268 g/mol. The molecule has 1 heterocycles. The van der Waals surface area contributed by atoms with Gasteiger partial charge in [0.25, 0.3) is 0 Å². The molecule has 0 amide bonds. The van der Waals surface area contributed by atoms with Crippen LogP contribution in [0.25, 0.3) is 0 Å². The van der Waals surface area contributed by atoms with Gasteiger partial charge in [0, 0.05) is 12.6 Å². The standard InChI is InChI=1S/C11H20N6O2/c1-8(2)16(3)6-4-5-13-11-9(17(18)19)10(12)14-7-15-11/h7-8H,4-6H2,1-3H3,(H3,12,13,14,15). The van der Waals surface area contributed by atoms with Crippen LogP contribution in [-0.2, 0) is 0 Å². The second kappa shape index (κ2) is 6.83. The van der Waals surface area contributed by atoms with Crippen molar-refractivity contribution in [3.63, 3.8) is 0 Å². The Balaban J connectivity index is 2.54. The molecule has 1 aromatic rings. The van der Waals surface area contributed by atoms with Crippen molar-refractivity contribution in [1.29, 1.82) is 0 Å². The fourth-order valence-corrected chi connectivity index (χ4v) is 1.50. The van der Waals surface area contributed by atoms with Gasteiger partial charge in [0.2, 0.25) is 11.6 Å². The Morgan fingerprint density at radius 3 is 2.79 bits per heavy atom. The van der Waals surface area contributed by atoms with E-state index in [1.54, 1.807) is 0 Å². The van der Waals surface area contributed by atoms with Crippen molar-refractivity contribution >= 4 is 17.3 Å². The van der Waals surface area contributed by atoms with Crippen LogP contribution in [0.4, 0.5) is 17.3 Å². The second-order valence-electron chi connectivity index (χ2n) is 4.57. The summed E-state index contributed by atoms with van der Waals surface area (Å²) in [6.45, 7) is 5.72. The molecule has 0 unspecified atom stereocenters. The number of aromatic nitrogens is 2. The molecule has 0 radical (unpaired) electrons. The van der Waals surface area contributed by atoms with Crippen LogP contribution in [0, 0.1) is 10.1 Å². The summed E-state index contributed by atoms with van der Waals surface area (Å²) >= 11 is 0. The Bertz CT molecular complexity index is 437. The number of hydrogen-bond acceptors (Lipinski definition) is 7. The van der Waals surface area contributed by atoms with Crippen molar-refractivity contribution in [1.82, 2.24) is 14.9 Å². The Morgan fingerprint density at radius 1 is 1.53 bits per heavy atom. The molecule has 8 nitrogen and oxygen atoms in total. The van der Waals surface area contributed by atoms with Crippen LogP contribution in [0.5, 0.6) is 0 Å². The van der Waals surface area contributed by atoms with E-state index in [1.807, 2.05) is 7.05 Å². The van der Waals surface area contributed by atoms with Gasteiger partial charge in [0.1, 0.15) is 6.33 Å². The first-order valence-electron chi connectivity index (χ1n) is 6.12. The van der Waals surface area contributed by atoms with Crippen molar-refractivity contribution < 1.29 is 4.92 Å². The topological polar surface area (TPSA) is 110 Å². The van der Waals surface area contributed by atoms with Gasteiger partial charge in [-0.3, -0.25) is 10.1 Å². The summed E-state index contributed by atoms with van der Waals surface area (Å²) in [5, 5.41) is 13.8. The number of nitrogens with two attached hydrogens (primary N) is 1. The number of nitro groups is 1. The smallest absolute Gasteiger partial charge is 0.352 e. The minimum Gasteiger partial charge on any atom is -0.378 e. The third-order valence-corrected chi connectivity index (χ3v) is 2.89. The van der Waals surface area contributed by atoms with Crippen LogP contribution in [0.2, 0.25) is 0 Å². The van der Waals surface area contributed by atoms with Crippen molar-refractivity contribution in [2.75, 3.05) is 31.2 Å². The fraction of sp³-hybridized carbons (Fsp3) is 0.636. The lowest BCUT2D eigenvalue weighted by molar-refractivity contribution is -0.383. The predicted octanol–water partition coefficient (Wildman–Crippen LogP) is 1.11. The first-order valence-corrected chi connectivity index (χ1v) is 6.12. The minimum atomic E-state index is -0.572. The van der Waals surface area contributed by atoms with Gasteiger partial charge in [-0.1, -0.05) is 0 Å². The second-order valence-corrected chi connectivity index (χ2v) is 4.57. The number of hydrogen-bond donors (Lipinski definition) is 2. The van der Waals surface area contributed by atoms with Gasteiger partial charge in [-0.2, -0.15) is 0 Å². The molecule has 0 aromatic carbocycles. The maximum atomic E-state index is 10.9. The quantitative estimate of drug-likeness (QED) is 0.433. The Kier molecular flexibility index (Phi) is 5.43. The Hall–Kier alpha value is -1.96. The lowest BCUT2D eigenvalue weighted by atomic mass is 10.3. The molecule has 0 saturated carbocycles. The molecule has 1 aromatic heterocycles. The summed E-state index contributed by atoms with van der Waals surface area (Å²) in [5.74, 6) is 0.0477. The molecule has 19 heavy (non-hydrogen) atoms. The zero-order valence-electron chi connectivity index (χ0n) is 11.5. The largest absolute Gasteiger partial charge is 0.378 e. The van der Waals surface area contributed by atoms with Crippen molar-refractivity contribution in [2.24, 2.45) is 0 Å². The molecule has 8 heteroatoms. The van der Waals surface area contributed by atoms with Crippen molar-refractivity contribution in [3.8, 4) is 0 Å². The highest BCUT2D eigenvalue weighted by molar-refractivity contribution is 5.67. The van der Waals surface area contributed by atoms with Crippen LogP contribution >= 0.6 is 0 Å². The summed E-state index contributed by atoms with van der Waals surface area (Å²) in [6, 6.07) is 0.476. The van der Waals surface area contributed by atoms with Crippen LogP contribution in [0.1, 0.15) is 20.3 Å². The molecule has 0 aliphatic rings. The van der Waals surface area contributed by atoms with Gasteiger partial charge < -0.3 is 16.0 Å². The lowest BCUT2D eigenvalue weighted by Gasteiger charge is -2.20. The minimum absolute atomic E-state index is 0.123.